The van der Waals surface area contributed by atoms with Gasteiger partial charge in [-0.25, -0.2) is 4.79 Å². The molecule has 0 bridgehead atoms. The predicted molar refractivity (Wildman–Crippen MR) is 67.0 cm³/mol. The molecule has 0 amide bonds. The zero-order valence-corrected chi connectivity index (χ0v) is 10.4. The first-order valence-corrected chi connectivity index (χ1v) is 5.78. The Labute approximate surface area is 102 Å². The molecule has 0 aliphatic rings. The Balaban J connectivity index is 2.34. The van der Waals surface area contributed by atoms with Crippen molar-refractivity contribution in [1.29, 1.82) is 0 Å². The number of nitrogen functional groups attached to an aromatic ring is 1. The van der Waals surface area contributed by atoms with Gasteiger partial charge < -0.3 is 15.2 Å². The number of nitrogens with two attached hydrogens (primary N) is 1. The van der Waals surface area contributed by atoms with Gasteiger partial charge in [-0.1, -0.05) is 13.3 Å². The second kappa shape index (κ2) is 6.78. The number of carbonyl (C=O) groups excluding carboxylic acids is 1. The fourth-order valence-electron chi connectivity index (χ4n) is 1.25. The molecule has 2 N–H and O–H groups in total. The smallest absolute Gasteiger partial charge is 0.344 e. The van der Waals surface area contributed by atoms with E-state index in [1.54, 1.807) is 18.2 Å². The minimum atomic E-state index is -0.340. The van der Waals surface area contributed by atoms with Crippen LogP contribution in [0.2, 0.25) is 0 Å². The number of unbranched alkanes of at least 4 members (excludes halogenated alkanes) is 1. The molecule has 0 spiro atoms. The first kappa shape index (κ1) is 13.4. The van der Waals surface area contributed by atoms with Gasteiger partial charge >= 0.3 is 5.97 Å². The maximum atomic E-state index is 11.3. The van der Waals surface area contributed by atoms with Crippen LogP contribution in [0.4, 0.5) is 5.69 Å². The molecule has 0 aliphatic carbocycles. The lowest BCUT2D eigenvalue weighted by Gasteiger charge is -2.08. The number of benzene rings is 1. The lowest BCUT2D eigenvalue weighted by molar-refractivity contribution is -0.146. The van der Waals surface area contributed by atoms with Crippen LogP contribution in [0.15, 0.2) is 18.2 Å². The van der Waals surface area contributed by atoms with Gasteiger partial charge in [0.05, 0.1) is 6.61 Å². The number of hydrogen-bond donors (Lipinski definition) is 1. The number of ether oxygens (including phenoxy) is 2. The molecule has 0 radical (unpaired) electrons. The van der Waals surface area contributed by atoms with Gasteiger partial charge in [0.1, 0.15) is 5.75 Å². The van der Waals surface area contributed by atoms with Gasteiger partial charge in [-0.3, -0.25) is 0 Å². The fourth-order valence-corrected chi connectivity index (χ4v) is 1.25. The molecule has 1 rings (SSSR count). The first-order valence-electron chi connectivity index (χ1n) is 5.78. The second-order valence-electron chi connectivity index (χ2n) is 3.88. The van der Waals surface area contributed by atoms with E-state index in [0.29, 0.717) is 18.0 Å². The number of esters is 1. The normalized spacial score (nSPS) is 10.0. The summed E-state index contributed by atoms with van der Waals surface area (Å²) in [6.45, 7) is 4.33. The van der Waals surface area contributed by atoms with Crippen molar-refractivity contribution >= 4 is 11.7 Å². The molecule has 1 aromatic rings. The summed E-state index contributed by atoms with van der Waals surface area (Å²) in [4.78, 5) is 11.3. The number of carbonyl (C=O) groups is 1. The number of anilines is 1. The minimum absolute atomic E-state index is 0.0624. The monoisotopic (exact) mass is 237 g/mol. The van der Waals surface area contributed by atoms with Crippen LogP contribution in [0.25, 0.3) is 0 Å². The van der Waals surface area contributed by atoms with Crippen molar-refractivity contribution in [3.05, 3.63) is 23.8 Å². The lowest BCUT2D eigenvalue weighted by Crippen LogP contribution is -2.15. The average molecular weight is 237 g/mol. The summed E-state index contributed by atoms with van der Waals surface area (Å²) in [5.41, 5.74) is 7.32. The van der Waals surface area contributed by atoms with Crippen LogP contribution in [-0.2, 0) is 9.53 Å². The molecular weight excluding hydrogens is 218 g/mol. The molecule has 94 valence electrons. The summed E-state index contributed by atoms with van der Waals surface area (Å²) in [5, 5.41) is 0. The highest BCUT2D eigenvalue weighted by Gasteiger charge is 2.04. The van der Waals surface area contributed by atoms with E-state index in [2.05, 4.69) is 0 Å². The number of hydrogen-bond acceptors (Lipinski definition) is 4. The zero-order valence-electron chi connectivity index (χ0n) is 10.4. The maximum absolute atomic E-state index is 11.3. The van der Waals surface area contributed by atoms with Gasteiger partial charge in [-0.05, 0) is 37.1 Å². The molecule has 0 aliphatic heterocycles. The van der Waals surface area contributed by atoms with E-state index in [0.717, 1.165) is 18.4 Å². The molecule has 0 heterocycles. The van der Waals surface area contributed by atoms with E-state index in [-0.39, 0.29) is 12.6 Å². The van der Waals surface area contributed by atoms with Crippen molar-refractivity contribution in [1.82, 2.24) is 0 Å². The van der Waals surface area contributed by atoms with Crippen molar-refractivity contribution in [3.8, 4) is 5.75 Å². The molecule has 0 aromatic heterocycles. The Hall–Kier alpha value is -1.71. The van der Waals surface area contributed by atoms with Gasteiger partial charge in [0, 0.05) is 5.69 Å². The molecule has 0 atom stereocenters. The third-order valence-electron chi connectivity index (χ3n) is 2.36. The SMILES string of the molecule is CCCCOC(=O)COc1ccc(N)c(C)c1. The molecule has 4 heteroatoms. The van der Waals surface area contributed by atoms with Crippen LogP contribution < -0.4 is 10.5 Å². The van der Waals surface area contributed by atoms with Crippen molar-refractivity contribution < 1.29 is 14.3 Å². The van der Waals surface area contributed by atoms with E-state index >= 15 is 0 Å². The molecule has 4 nitrogen and oxygen atoms in total. The van der Waals surface area contributed by atoms with E-state index in [1.165, 1.54) is 0 Å². The van der Waals surface area contributed by atoms with Crippen LogP contribution in [0, 0.1) is 6.92 Å². The first-order chi connectivity index (χ1) is 8.13. The standard InChI is InChI=1S/C13H19NO3/c1-3-4-7-16-13(15)9-17-11-5-6-12(14)10(2)8-11/h5-6,8H,3-4,7,9,14H2,1-2H3. The fraction of sp³-hybridized carbons (Fsp3) is 0.462. The third kappa shape index (κ3) is 4.76. The Kier molecular flexibility index (Phi) is 5.33. The minimum Gasteiger partial charge on any atom is -0.482 e. The predicted octanol–water partition coefficient (Wildman–Crippen LogP) is 2.30. The Morgan fingerprint density at radius 3 is 2.82 bits per heavy atom. The topological polar surface area (TPSA) is 61.5 Å². The van der Waals surface area contributed by atoms with Gasteiger partial charge in [0.2, 0.25) is 0 Å². The van der Waals surface area contributed by atoms with Crippen LogP contribution in [0.1, 0.15) is 25.3 Å². The third-order valence-corrected chi connectivity index (χ3v) is 2.36. The van der Waals surface area contributed by atoms with E-state index < -0.39 is 0 Å². The molecule has 0 fully saturated rings. The number of aryl methyl sites for hydroxylation is 1. The van der Waals surface area contributed by atoms with Crippen LogP contribution >= 0.6 is 0 Å². The quantitative estimate of drug-likeness (QED) is 0.468. The summed E-state index contributed by atoms with van der Waals surface area (Å²) >= 11 is 0. The van der Waals surface area contributed by atoms with Crippen LogP contribution in [-0.4, -0.2) is 19.2 Å². The van der Waals surface area contributed by atoms with E-state index in [4.69, 9.17) is 15.2 Å². The Morgan fingerprint density at radius 1 is 1.41 bits per heavy atom. The highest BCUT2D eigenvalue weighted by molar-refractivity contribution is 5.71. The van der Waals surface area contributed by atoms with Crippen molar-refractivity contribution in [3.63, 3.8) is 0 Å². The average Bonchev–Trinajstić information content (AvgIpc) is 2.31. The van der Waals surface area contributed by atoms with Crippen molar-refractivity contribution in [2.24, 2.45) is 0 Å². The maximum Gasteiger partial charge on any atom is 0.344 e. The Morgan fingerprint density at radius 2 is 2.18 bits per heavy atom. The van der Waals surface area contributed by atoms with Crippen LogP contribution in [0.5, 0.6) is 5.75 Å². The van der Waals surface area contributed by atoms with Gasteiger partial charge in [0.25, 0.3) is 0 Å². The van der Waals surface area contributed by atoms with Crippen LogP contribution in [0.3, 0.4) is 0 Å². The molecule has 0 unspecified atom stereocenters. The molecule has 17 heavy (non-hydrogen) atoms. The van der Waals surface area contributed by atoms with Gasteiger partial charge in [-0.15, -0.1) is 0 Å². The molecule has 0 saturated carbocycles. The summed E-state index contributed by atoms with van der Waals surface area (Å²) < 4.78 is 10.3. The number of rotatable bonds is 6. The largest absolute Gasteiger partial charge is 0.482 e. The highest BCUT2D eigenvalue weighted by atomic mass is 16.6. The second-order valence-corrected chi connectivity index (χ2v) is 3.88. The molecule has 0 saturated heterocycles. The van der Waals surface area contributed by atoms with E-state index in [9.17, 15) is 4.79 Å². The van der Waals surface area contributed by atoms with Gasteiger partial charge in [0.15, 0.2) is 6.61 Å². The summed E-state index contributed by atoms with van der Waals surface area (Å²) in [6.07, 6.45) is 1.89. The summed E-state index contributed by atoms with van der Waals surface area (Å²) in [6, 6.07) is 5.30. The Bertz CT molecular complexity index is 377. The van der Waals surface area contributed by atoms with Crippen molar-refractivity contribution in [2.45, 2.75) is 26.7 Å². The van der Waals surface area contributed by atoms with Crippen molar-refractivity contribution in [2.75, 3.05) is 18.9 Å². The summed E-state index contributed by atoms with van der Waals surface area (Å²) in [7, 11) is 0. The zero-order chi connectivity index (χ0) is 12.7. The molecular formula is C13H19NO3. The lowest BCUT2D eigenvalue weighted by atomic mass is 10.2. The van der Waals surface area contributed by atoms with Gasteiger partial charge in [-0.2, -0.15) is 0 Å². The van der Waals surface area contributed by atoms with E-state index in [1.807, 2.05) is 13.8 Å². The molecule has 1 aromatic carbocycles. The highest BCUT2D eigenvalue weighted by Crippen LogP contribution is 2.18. The summed E-state index contributed by atoms with van der Waals surface area (Å²) in [5.74, 6) is 0.289.